The molecule has 0 amide bonds. The Hall–Kier alpha value is -5.55. The highest BCUT2D eigenvalue weighted by molar-refractivity contribution is 6.70. The summed E-state index contributed by atoms with van der Waals surface area (Å²) in [4.78, 5) is 43.2. The van der Waals surface area contributed by atoms with Gasteiger partial charge in [0, 0.05) is 77.6 Å². The summed E-state index contributed by atoms with van der Waals surface area (Å²) in [6, 6.07) is 9.70. The number of allylic oxidation sites excluding steroid dienone is 8. The number of halogens is 1. The van der Waals surface area contributed by atoms with E-state index < -0.39 is 32.1 Å². The zero-order chi connectivity index (χ0) is 84.5. The number of aliphatic hydroxyl groups is 5. The van der Waals surface area contributed by atoms with Crippen LogP contribution in [0.2, 0.25) is 19.6 Å². The number of carbonyl (C=O) groups excluding carboxylic acids is 4. The average Bonchev–Trinajstić information content (AvgIpc) is 0.839. The van der Waals surface area contributed by atoms with E-state index in [0.717, 1.165) is 97.7 Å². The molecule has 22 nitrogen and oxygen atoms in total. The van der Waals surface area contributed by atoms with Crippen molar-refractivity contribution in [2.24, 2.45) is 23.7 Å². The maximum absolute atomic E-state index is 11.7. The second-order valence-corrected chi connectivity index (χ2v) is 31.7. The molecule has 109 heavy (non-hydrogen) atoms. The normalized spacial score (nSPS) is 19.3. The third kappa shape index (κ3) is 57.2. The summed E-state index contributed by atoms with van der Waals surface area (Å²) in [5.74, 6) is 1.06. The minimum absolute atomic E-state index is 0.00157. The Kier molecular flexibility index (Phi) is 73.5. The van der Waals surface area contributed by atoms with Gasteiger partial charge in [-0.15, -0.1) is 13.2 Å². The van der Waals surface area contributed by atoms with Gasteiger partial charge < -0.3 is 91.6 Å². The number of benzene rings is 1. The second-order valence-electron chi connectivity index (χ2n) is 26.9. The fraction of sp³-hybridized carbons (Fsp3) is 0.647. The highest BCUT2D eigenvalue weighted by Crippen LogP contribution is 2.28. The van der Waals surface area contributed by atoms with Crippen LogP contribution >= 0.6 is 11.6 Å². The van der Waals surface area contributed by atoms with Crippen molar-refractivity contribution >= 4 is 43.2 Å². The number of aldehydes is 1. The van der Waals surface area contributed by atoms with Crippen LogP contribution in [-0.4, -0.2) is 207 Å². The van der Waals surface area contributed by atoms with E-state index in [2.05, 4.69) is 77.4 Å². The predicted molar refractivity (Wildman–Crippen MR) is 441 cm³/mol. The maximum atomic E-state index is 11.7. The van der Waals surface area contributed by atoms with E-state index in [1.807, 2.05) is 118 Å². The molecule has 2 heterocycles. The summed E-state index contributed by atoms with van der Waals surface area (Å²) in [6.45, 7) is 43.9. The van der Waals surface area contributed by atoms with Crippen molar-refractivity contribution in [3.05, 3.63) is 156 Å². The first kappa shape index (κ1) is 112. The minimum atomic E-state index is -1.50. The van der Waals surface area contributed by atoms with Crippen LogP contribution in [0.15, 0.2) is 150 Å². The molecule has 0 spiro atoms. The van der Waals surface area contributed by atoms with E-state index in [9.17, 15) is 29.4 Å². The molecule has 630 valence electrons. The van der Waals surface area contributed by atoms with Gasteiger partial charge in [-0.3, -0.25) is 9.59 Å². The van der Waals surface area contributed by atoms with E-state index in [0.29, 0.717) is 18.1 Å². The van der Waals surface area contributed by atoms with Crippen molar-refractivity contribution in [1.29, 1.82) is 0 Å². The topological polar surface area (TPSA) is 289 Å². The van der Waals surface area contributed by atoms with E-state index in [-0.39, 0.29) is 112 Å². The Morgan fingerprint density at radius 1 is 0.734 bits per heavy atom. The van der Waals surface area contributed by atoms with E-state index in [1.165, 1.54) is 19.3 Å². The third-order valence-electron chi connectivity index (χ3n) is 16.4. The molecule has 2 aliphatic heterocycles. The van der Waals surface area contributed by atoms with Crippen LogP contribution in [0, 0.1) is 23.7 Å². The molecule has 24 heteroatoms. The van der Waals surface area contributed by atoms with Crippen LogP contribution in [-0.2, 0) is 87.1 Å². The standard InChI is InChI=1S/C20H34O5.C11H18O3.C11H20O3.C11H22O3.C10H14O3.C10H20O2Si.C7H9ClO.C5H10O2/c1-7-9-10-11-12-19(21)24-14-16(3)13-17(4)20(25-15-22-5)18(8-2)23-6;1-5-9(13-4)11-8(3)10(12)7(2)6-14-11;1-5-9(13-4)10-7(2)6-8(3)11(12)14-10;1-5-10(14-4)11(13)9(3)6-8(2)7-12;11-6-10(12)8-13-7-9-4-2-1-3-5-9;1-7-10(9(2)8-11-3)12-13(4,5)6;1-2-3-4-5-6-7(8)9;1-3-5(4-6)7-2/h7,11-13,17-18,20H,1,8-10,14-15H2,2-6H3;6,8-9,11H,5H2,1-4H3;6-7,9-12H,5H2,1-4H3;6,9-13H,5,7H2,1-4H3;1-5,10-12H,6-8H2;7-8H,1-6H3;2,5-6H,1,3-4H2;4-5H,3H2,1-2H3/b12-11+,16-13-;;;8-6-;;9-8+,10-7-;6-5+;/t17-,18+,20+;8-,9+,11?;7-,9+,10?,11?;9-,10+,11+;10-;;;5-/m11110..0/s1. The van der Waals surface area contributed by atoms with Crippen molar-refractivity contribution in [3.63, 3.8) is 0 Å². The van der Waals surface area contributed by atoms with Gasteiger partial charge in [-0.1, -0.05) is 141 Å². The van der Waals surface area contributed by atoms with Crippen LogP contribution in [0.3, 0.4) is 0 Å². The number of ketones is 1. The number of hydrogen-bond acceptors (Lipinski definition) is 22. The Bertz CT molecular complexity index is 2720. The first-order valence-corrected chi connectivity index (χ1v) is 41.5. The molecule has 3 unspecified atom stereocenters. The van der Waals surface area contributed by atoms with Gasteiger partial charge in [0.1, 0.15) is 43.8 Å². The minimum Gasteiger partial charge on any atom is -0.544 e. The van der Waals surface area contributed by atoms with Gasteiger partial charge in [-0.25, -0.2) is 4.79 Å². The van der Waals surface area contributed by atoms with Crippen LogP contribution in [0.1, 0.15) is 167 Å². The zero-order valence-electron chi connectivity index (χ0n) is 71.1. The fourth-order valence-electron chi connectivity index (χ4n) is 10.3. The lowest BCUT2D eigenvalue weighted by Gasteiger charge is -2.35. The summed E-state index contributed by atoms with van der Waals surface area (Å²) in [5, 5.41) is 45.3. The molecule has 3 rings (SSSR count). The van der Waals surface area contributed by atoms with E-state index in [4.69, 9.17) is 83.5 Å². The largest absolute Gasteiger partial charge is 0.544 e. The molecule has 1 aromatic carbocycles. The summed E-state index contributed by atoms with van der Waals surface area (Å²) in [5.41, 5.74) is 5.53. The van der Waals surface area contributed by atoms with Crippen molar-refractivity contribution < 1.29 is 106 Å². The van der Waals surface area contributed by atoms with Gasteiger partial charge in [0.05, 0.1) is 94.7 Å². The molecule has 1 aromatic rings. The van der Waals surface area contributed by atoms with Crippen molar-refractivity contribution in [2.75, 3.05) is 83.0 Å². The average molecular weight is 1580 g/mol. The SMILES string of the molecule is C/C=C(O[Si](C)(C)C)/C(C)=C/OC.C=CCC/C=C/C(=O)Cl.C=CCC/C=C/C(=O)OC/C(C)=C\[C@@H](C)[C@H](OCOC)[C@H](CC)OC.CC[C@@H](C=O)OC.CC[C@H](OC)C1OC(O)C(C)=C[C@H]1C.CC[C@H](OC)C1OC=C(C)C(=O)[C@H]1C.CC[C@H](OC)[C@@H](O)[C@H](C)/C=C(/C)CO.OC[C@H](O)COCc1ccccc1. The van der Waals surface area contributed by atoms with Crippen LogP contribution in [0.5, 0.6) is 0 Å². The highest BCUT2D eigenvalue weighted by Gasteiger charge is 2.36. The van der Waals surface area contributed by atoms with Gasteiger partial charge in [-0.2, -0.15) is 0 Å². The third-order valence-corrected chi connectivity index (χ3v) is 17.3. The van der Waals surface area contributed by atoms with Crippen molar-refractivity contribution in [2.45, 2.75) is 255 Å². The fourth-order valence-corrected chi connectivity index (χ4v) is 11.3. The predicted octanol–water partition coefficient (Wildman–Crippen LogP) is 15.8. The molecule has 5 N–H and O–H groups in total. The number of Topliss-reactive ketones (excluding diaryl/α,β-unsaturated/α-hetero) is 1. The molecule has 0 aromatic heterocycles. The number of carbonyl (C=O) groups is 4. The lowest BCUT2D eigenvalue weighted by molar-refractivity contribution is -0.171. The zero-order valence-corrected chi connectivity index (χ0v) is 72.9. The smallest absolute Gasteiger partial charge is 0.330 e. The second kappa shape index (κ2) is 71.5. The molecule has 15 atom stereocenters. The molecular weight excluding hydrogens is 1440 g/mol. The Morgan fingerprint density at radius 2 is 1.28 bits per heavy atom. The Labute approximate surface area is 663 Å². The first-order chi connectivity index (χ1) is 51.6. The molecule has 0 radical (unpaired) electrons. The molecule has 0 saturated heterocycles. The van der Waals surface area contributed by atoms with Crippen molar-refractivity contribution in [3.8, 4) is 0 Å². The summed E-state index contributed by atoms with van der Waals surface area (Å²) in [6.07, 6.45) is 26.8. The number of unbranched alkanes of at least 4 members (excludes halogenated alkanes) is 2. The monoisotopic (exact) mass is 1580 g/mol. The van der Waals surface area contributed by atoms with Gasteiger partial charge in [0.15, 0.2) is 12.1 Å². The first-order valence-electron chi connectivity index (χ1n) is 37.7. The Balaban J connectivity index is -0.000000387. The molecule has 0 bridgehead atoms. The molecular formula is C85H147ClO22Si. The Morgan fingerprint density at radius 3 is 1.72 bits per heavy atom. The number of hydrogen-bond donors (Lipinski definition) is 5. The summed E-state index contributed by atoms with van der Waals surface area (Å²) >= 11 is 5.01. The quantitative estimate of drug-likeness (QED) is 0.00388. The van der Waals surface area contributed by atoms with Gasteiger partial charge >= 0.3 is 5.97 Å². The van der Waals surface area contributed by atoms with Crippen molar-refractivity contribution in [1.82, 2.24) is 0 Å². The van der Waals surface area contributed by atoms with Gasteiger partial charge in [0.25, 0.3) is 0 Å². The summed E-state index contributed by atoms with van der Waals surface area (Å²) in [7, 11) is 9.89. The van der Waals surface area contributed by atoms with Gasteiger partial charge in [0.2, 0.25) is 13.6 Å². The molecule has 0 saturated carbocycles. The number of rotatable bonds is 42. The lowest BCUT2D eigenvalue weighted by Crippen LogP contribution is -2.41. The number of methoxy groups -OCH3 is 7. The maximum Gasteiger partial charge on any atom is 0.330 e. The highest BCUT2D eigenvalue weighted by atomic mass is 35.5. The number of esters is 1. The van der Waals surface area contributed by atoms with E-state index >= 15 is 0 Å². The van der Waals surface area contributed by atoms with E-state index in [1.54, 1.807) is 80.3 Å². The number of ether oxygens (including phenoxy) is 12. The van der Waals surface area contributed by atoms with Crippen LogP contribution < -0.4 is 0 Å². The van der Waals surface area contributed by atoms with Crippen LogP contribution in [0.25, 0.3) is 0 Å². The van der Waals surface area contributed by atoms with Gasteiger partial charge in [-0.05, 0) is 159 Å². The number of aliphatic hydroxyl groups excluding tert-OH is 5. The van der Waals surface area contributed by atoms with Crippen LogP contribution in [0.4, 0.5) is 0 Å². The molecule has 0 aliphatic carbocycles. The lowest BCUT2D eigenvalue weighted by atomic mass is 9.89. The summed E-state index contributed by atoms with van der Waals surface area (Å²) < 4.78 is 69.0. The molecule has 0 fully saturated rings. The molecule has 2 aliphatic rings.